The molecule has 3 heterocycles. The molecule has 1 aliphatic heterocycles. The van der Waals surface area contributed by atoms with Gasteiger partial charge in [-0.05, 0) is 25.8 Å². The number of ether oxygens (including phenoxy) is 1. The normalized spacial score (nSPS) is 16.9. The molecule has 2 aromatic rings. The standard InChI is InChI=1S/C12H16N4OS2/c1-7-6-9-10(18-7)14-12(16-13)15-11(9)19-8-2-4-17-5-3-8/h6,8H,2-5,13H2,1H3,(H,14,15,16). The smallest absolute Gasteiger partial charge is 0.239 e. The first-order chi connectivity index (χ1) is 9.26. The third-order valence-electron chi connectivity index (χ3n) is 3.06. The van der Waals surface area contributed by atoms with Crippen molar-refractivity contribution in [1.82, 2.24) is 9.97 Å². The van der Waals surface area contributed by atoms with Crippen LogP contribution < -0.4 is 11.3 Å². The number of aromatic nitrogens is 2. The van der Waals surface area contributed by atoms with E-state index in [9.17, 15) is 0 Å². The van der Waals surface area contributed by atoms with Gasteiger partial charge in [0.15, 0.2) is 0 Å². The molecule has 0 spiro atoms. The minimum Gasteiger partial charge on any atom is -0.381 e. The summed E-state index contributed by atoms with van der Waals surface area (Å²) in [4.78, 5) is 11.1. The van der Waals surface area contributed by atoms with Crippen LogP contribution in [0.1, 0.15) is 17.7 Å². The number of thioether (sulfide) groups is 1. The Morgan fingerprint density at radius 2 is 2.21 bits per heavy atom. The molecule has 0 radical (unpaired) electrons. The van der Waals surface area contributed by atoms with E-state index >= 15 is 0 Å². The van der Waals surface area contributed by atoms with Gasteiger partial charge in [-0.25, -0.2) is 15.8 Å². The molecule has 0 aromatic carbocycles. The van der Waals surface area contributed by atoms with E-state index < -0.39 is 0 Å². The van der Waals surface area contributed by atoms with Crippen molar-refractivity contribution in [3.8, 4) is 0 Å². The van der Waals surface area contributed by atoms with E-state index in [-0.39, 0.29) is 0 Å². The van der Waals surface area contributed by atoms with Crippen molar-refractivity contribution in [3.63, 3.8) is 0 Å². The number of hydrazine groups is 1. The summed E-state index contributed by atoms with van der Waals surface area (Å²) in [5.74, 6) is 5.94. The molecular formula is C12H16N4OS2. The molecule has 0 atom stereocenters. The zero-order chi connectivity index (χ0) is 13.2. The third-order valence-corrected chi connectivity index (χ3v) is 5.34. The second-order valence-electron chi connectivity index (χ2n) is 4.50. The van der Waals surface area contributed by atoms with Crippen molar-refractivity contribution >= 4 is 39.3 Å². The summed E-state index contributed by atoms with van der Waals surface area (Å²) in [7, 11) is 0. The summed E-state index contributed by atoms with van der Waals surface area (Å²) in [6.07, 6.45) is 2.15. The number of nitrogen functional groups attached to an aromatic ring is 1. The average molecular weight is 296 g/mol. The van der Waals surface area contributed by atoms with Gasteiger partial charge < -0.3 is 4.74 Å². The first kappa shape index (κ1) is 13.1. The van der Waals surface area contributed by atoms with Crippen LogP contribution in [0.5, 0.6) is 0 Å². The lowest BCUT2D eigenvalue weighted by Gasteiger charge is -2.21. The van der Waals surface area contributed by atoms with Crippen molar-refractivity contribution in [3.05, 3.63) is 10.9 Å². The summed E-state index contributed by atoms with van der Waals surface area (Å²) in [5.41, 5.74) is 2.55. The maximum Gasteiger partial charge on any atom is 0.239 e. The molecular weight excluding hydrogens is 280 g/mol. The van der Waals surface area contributed by atoms with Gasteiger partial charge in [0.1, 0.15) is 9.86 Å². The van der Waals surface area contributed by atoms with E-state index in [0.717, 1.165) is 41.3 Å². The summed E-state index contributed by atoms with van der Waals surface area (Å²) >= 11 is 3.49. The van der Waals surface area contributed by atoms with E-state index in [1.165, 1.54) is 4.88 Å². The second kappa shape index (κ2) is 5.62. The Kier molecular flexibility index (Phi) is 3.88. The van der Waals surface area contributed by atoms with Gasteiger partial charge in [0.2, 0.25) is 5.95 Å². The number of anilines is 1. The van der Waals surface area contributed by atoms with Crippen LogP contribution in [-0.4, -0.2) is 28.4 Å². The van der Waals surface area contributed by atoms with Crippen molar-refractivity contribution < 1.29 is 4.74 Å². The van der Waals surface area contributed by atoms with Gasteiger partial charge >= 0.3 is 0 Å². The van der Waals surface area contributed by atoms with E-state index in [2.05, 4.69) is 28.4 Å². The van der Waals surface area contributed by atoms with Crippen LogP contribution in [0.4, 0.5) is 5.95 Å². The van der Waals surface area contributed by atoms with Crippen LogP contribution in [0, 0.1) is 6.92 Å². The highest BCUT2D eigenvalue weighted by Gasteiger charge is 2.19. The number of hydrogen-bond donors (Lipinski definition) is 2. The number of hydrogen-bond acceptors (Lipinski definition) is 7. The van der Waals surface area contributed by atoms with Crippen LogP contribution in [0.2, 0.25) is 0 Å². The second-order valence-corrected chi connectivity index (χ2v) is 7.03. The predicted octanol–water partition coefficient (Wildman–Crippen LogP) is 2.56. The van der Waals surface area contributed by atoms with Crippen LogP contribution >= 0.6 is 23.1 Å². The lowest BCUT2D eigenvalue weighted by Crippen LogP contribution is -2.18. The predicted molar refractivity (Wildman–Crippen MR) is 79.7 cm³/mol. The van der Waals surface area contributed by atoms with Gasteiger partial charge in [0.05, 0.1) is 0 Å². The Morgan fingerprint density at radius 1 is 1.42 bits per heavy atom. The fraction of sp³-hybridized carbons (Fsp3) is 0.500. The minimum absolute atomic E-state index is 0.490. The topological polar surface area (TPSA) is 73.1 Å². The quantitative estimate of drug-likeness (QED) is 0.515. The number of aryl methyl sites for hydroxylation is 1. The number of nitrogens with two attached hydrogens (primary N) is 1. The zero-order valence-corrected chi connectivity index (χ0v) is 12.3. The summed E-state index contributed by atoms with van der Waals surface area (Å²) in [6, 6.07) is 2.15. The molecule has 7 heteroatoms. The Labute approximate surface area is 119 Å². The lowest BCUT2D eigenvalue weighted by atomic mass is 10.2. The Bertz CT molecular complexity index is 580. The highest BCUT2D eigenvalue weighted by molar-refractivity contribution is 8.00. The molecule has 1 fully saturated rings. The van der Waals surface area contributed by atoms with E-state index in [0.29, 0.717) is 11.2 Å². The molecule has 0 aliphatic carbocycles. The molecule has 102 valence electrons. The monoisotopic (exact) mass is 296 g/mol. The van der Waals surface area contributed by atoms with Gasteiger partial charge in [-0.15, -0.1) is 23.1 Å². The van der Waals surface area contributed by atoms with Crippen molar-refractivity contribution in [2.75, 3.05) is 18.6 Å². The van der Waals surface area contributed by atoms with Crippen LogP contribution in [-0.2, 0) is 4.74 Å². The number of nitrogens with one attached hydrogen (secondary N) is 1. The van der Waals surface area contributed by atoms with E-state index in [1.54, 1.807) is 11.3 Å². The van der Waals surface area contributed by atoms with Gasteiger partial charge in [-0.1, -0.05) is 0 Å². The molecule has 0 amide bonds. The summed E-state index contributed by atoms with van der Waals surface area (Å²) in [6.45, 7) is 3.78. The van der Waals surface area contributed by atoms with E-state index in [1.807, 2.05) is 11.8 Å². The molecule has 5 nitrogen and oxygen atoms in total. The van der Waals surface area contributed by atoms with Crippen LogP contribution in [0.3, 0.4) is 0 Å². The van der Waals surface area contributed by atoms with Crippen molar-refractivity contribution in [2.45, 2.75) is 30.0 Å². The number of nitrogens with zero attached hydrogens (tertiary/aromatic N) is 2. The summed E-state index contributed by atoms with van der Waals surface area (Å²) in [5, 5.41) is 2.73. The highest BCUT2D eigenvalue weighted by atomic mass is 32.2. The molecule has 2 aromatic heterocycles. The van der Waals surface area contributed by atoms with Crippen molar-refractivity contribution in [1.29, 1.82) is 0 Å². The molecule has 0 bridgehead atoms. The molecule has 1 aliphatic rings. The summed E-state index contributed by atoms with van der Waals surface area (Å²) < 4.78 is 5.40. The van der Waals surface area contributed by atoms with Crippen LogP contribution in [0.25, 0.3) is 10.2 Å². The highest BCUT2D eigenvalue weighted by Crippen LogP contribution is 2.36. The first-order valence-corrected chi connectivity index (χ1v) is 7.95. The molecule has 3 N–H and O–H groups in total. The molecule has 0 unspecified atom stereocenters. The maximum absolute atomic E-state index is 5.45. The first-order valence-electron chi connectivity index (χ1n) is 6.25. The molecule has 0 saturated carbocycles. The number of thiophene rings is 1. The van der Waals surface area contributed by atoms with Gasteiger partial charge in [0.25, 0.3) is 0 Å². The Hall–Kier alpha value is -0.890. The SMILES string of the molecule is Cc1cc2c(SC3CCOCC3)nc(NN)nc2s1. The van der Waals surface area contributed by atoms with Crippen LogP contribution in [0.15, 0.2) is 11.1 Å². The van der Waals surface area contributed by atoms with Gasteiger partial charge in [0, 0.05) is 28.7 Å². The Morgan fingerprint density at radius 3 is 2.95 bits per heavy atom. The Balaban J connectivity index is 1.95. The maximum atomic E-state index is 5.45. The number of rotatable bonds is 3. The van der Waals surface area contributed by atoms with E-state index in [4.69, 9.17) is 10.6 Å². The zero-order valence-electron chi connectivity index (χ0n) is 10.7. The third kappa shape index (κ3) is 2.84. The average Bonchev–Trinajstić information content (AvgIpc) is 2.80. The fourth-order valence-electron chi connectivity index (χ4n) is 2.12. The van der Waals surface area contributed by atoms with Crippen molar-refractivity contribution in [2.24, 2.45) is 5.84 Å². The molecule has 1 saturated heterocycles. The lowest BCUT2D eigenvalue weighted by molar-refractivity contribution is 0.1000. The molecule has 3 rings (SSSR count). The fourth-order valence-corrected chi connectivity index (χ4v) is 4.23. The number of fused-ring (bicyclic) bond motifs is 1. The van der Waals surface area contributed by atoms with Gasteiger partial charge in [-0.2, -0.15) is 0 Å². The minimum atomic E-state index is 0.490. The largest absolute Gasteiger partial charge is 0.381 e. The van der Waals surface area contributed by atoms with Gasteiger partial charge in [-0.3, -0.25) is 5.43 Å². The molecule has 19 heavy (non-hydrogen) atoms.